The number of nitrogens with zero attached hydrogens (tertiary/aromatic N) is 2. The zero-order valence-electron chi connectivity index (χ0n) is 32.8. The van der Waals surface area contributed by atoms with Gasteiger partial charge in [0.05, 0.1) is 12.6 Å². The van der Waals surface area contributed by atoms with E-state index in [1.54, 1.807) is 51.1 Å². The second-order valence-electron chi connectivity index (χ2n) is 17.2. The Kier molecular flexibility index (Phi) is 12.4. The van der Waals surface area contributed by atoms with Gasteiger partial charge in [-0.05, 0) is 54.4 Å². The Bertz CT molecular complexity index is 1670. The van der Waals surface area contributed by atoms with Crippen molar-refractivity contribution in [2.45, 2.75) is 104 Å². The molecule has 14 nitrogen and oxygen atoms in total. The summed E-state index contributed by atoms with van der Waals surface area (Å²) in [6, 6.07) is 3.65. The number of carbonyl (C=O) groups excluding carboxylic acids is 7. The van der Waals surface area contributed by atoms with Gasteiger partial charge in [0.1, 0.15) is 18.1 Å². The molecule has 2 saturated carbocycles. The largest absolute Gasteiger partial charge is 0.434 e. The predicted octanol–water partition coefficient (Wildman–Crippen LogP) is 2.87. The normalized spacial score (nSPS) is 21.9. The molecule has 1 aromatic rings. The van der Waals surface area contributed by atoms with Gasteiger partial charge in [0.25, 0.3) is 5.91 Å². The molecule has 1 aliphatic heterocycles. The number of Topliss-reactive ketones (excluding diaryl/α,β-unsaturated/α-hetero) is 1. The fourth-order valence-corrected chi connectivity index (χ4v) is 7.05. The summed E-state index contributed by atoms with van der Waals surface area (Å²) in [5.74, 6) is -5.09. The van der Waals surface area contributed by atoms with Crippen molar-refractivity contribution >= 4 is 41.4 Å². The van der Waals surface area contributed by atoms with Crippen LogP contribution in [0.1, 0.15) is 79.3 Å². The summed E-state index contributed by atoms with van der Waals surface area (Å²) in [5.41, 5.74) is -3.73. The Labute approximate surface area is 319 Å². The molecule has 3 fully saturated rings. The Morgan fingerprint density at radius 2 is 1.53 bits per heavy atom. The maximum Gasteiger partial charge on any atom is 0.427 e. The Morgan fingerprint density at radius 3 is 2.05 bits per heavy atom. The van der Waals surface area contributed by atoms with Gasteiger partial charge in [0, 0.05) is 20.6 Å². The molecule has 1 heterocycles. The van der Waals surface area contributed by atoms with Crippen LogP contribution in [0.25, 0.3) is 0 Å². The summed E-state index contributed by atoms with van der Waals surface area (Å²) in [6.45, 7) is 9.51. The number of benzene rings is 1. The maximum absolute atomic E-state index is 14.2. The molecule has 0 radical (unpaired) electrons. The van der Waals surface area contributed by atoms with Crippen molar-refractivity contribution < 1.29 is 51.5 Å². The molecule has 2 unspecified atom stereocenters. The summed E-state index contributed by atoms with van der Waals surface area (Å²) in [6.07, 6.45) is -4.65. The molecular formula is C38H53F3N6O8. The van der Waals surface area contributed by atoms with E-state index in [0.717, 1.165) is 12.8 Å². The van der Waals surface area contributed by atoms with Crippen molar-refractivity contribution in [2.75, 3.05) is 27.2 Å². The second-order valence-corrected chi connectivity index (χ2v) is 17.2. The first-order valence-electron chi connectivity index (χ1n) is 18.3. The number of hydrogen-bond donors (Lipinski definition) is 4. The van der Waals surface area contributed by atoms with E-state index in [9.17, 15) is 46.7 Å². The molecule has 3 aliphatic rings. The predicted molar refractivity (Wildman–Crippen MR) is 193 cm³/mol. The van der Waals surface area contributed by atoms with Crippen LogP contribution < -0.4 is 21.3 Å². The summed E-state index contributed by atoms with van der Waals surface area (Å²) in [4.78, 5) is 96.0. The smallest absolute Gasteiger partial charge is 0.427 e. The third-order valence-electron chi connectivity index (χ3n) is 10.8. The van der Waals surface area contributed by atoms with E-state index >= 15 is 0 Å². The van der Waals surface area contributed by atoms with Crippen LogP contribution in [0.5, 0.6) is 0 Å². The molecule has 1 saturated heterocycles. The molecule has 2 aliphatic carbocycles. The van der Waals surface area contributed by atoms with E-state index < -0.39 is 89.3 Å². The highest BCUT2D eigenvalue weighted by atomic mass is 19.4. The molecule has 0 bridgehead atoms. The topological polar surface area (TPSA) is 183 Å². The molecule has 304 valence electrons. The van der Waals surface area contributed by atoms with E-state index in [1.807, 2.05) is 13.8 Å². The lowest BCUT2D eigenvalue weighted by atomic mass is 9.85. The first kappa shape index (κ1) is 43.0. The van der Waals surface area contributed by atoms with Crippen molar-refractivity contribution in [2.24, 2.45) is 28.6 Å². The zero-order chi connectivity index (χ0) is 41.4. The number of ketones is 1. The van der Waals surface area contributed by atoms with Crippen molar-refractivity contribution in [3.05, 3.63) is 35.9 Å². The fourth-order valence-electron chi connectivity index (χ4n) is 7.05. The minimum Gasteiger partial charge on any atom is -0.434 e. The standard InChI is InChI=1S/C38H53F3N6O8/c1-35(2,3)29(45-34(54)55-37(6,7)38(39,40)41)33(53)47-19-22-25(36(22,4)5)27(47)30(50)43-23(17-20-15-16-20)28(49)31(51)42-18-24(48)44-26(32(52)46(8)9)21-13-11-10-12-14-21/h10-14,20,22-23,25-27,29H,15-19H2,1-9H3,(H,42,51)(H,43,50)(H,44,48)(H,45,54)/t22-,23?,25-,26-,27-,29?/m0/s1. The van der Waals surface area contributed by atoms with Crippen LogP contribution in [0.2, 0.25) is 0 Å². The number of likely N-dealkylation sites (tertiary alicyclic amines) is 1. The SMILES string of the molecule is CN(C)C(=O)[C@@H](NC(=O)CNC(=O)C(=O)C(CC1CC1)NC(=O)[C@@H]1[C@@H]2[C@H](CN1C(=O)C(NC(=O)OC(C)(C)C(F)(F)F)C(C)(C)C)C2(C)C)c1ccccc1. The second kappa shape index (κ2) is 15.8. The first-order valence-corrected chi connectivity index (χ1v) is 18.3. The first-order chi connectivity index (χ1) is 25.3. The lowest BCUT2D eigenvalue weighted by Crippen LogP contribution is -2.61. The Balaban J connectivity index is 1.47. The Morgan fingerprint density at radius 1 is 0.927 bits per heavy atom. The molecule has 1 aromatic carbocycles. The molecule has 0 spiro atoms. The highest BCUT2D eigenvalue weighted by Crippen LogP contribution is 2.65. The summed E-state index contributed by atoms with van der Waals surface area (Å²) >= 11 is 0. The maximum atomic E-state index is 14.2. The van der Waals surface area contributed by atoms with E-state index in [1.165, 1.54) is 23.9 Å². The average molecular weight is 779 g/mol. The number of rotatable bonds is 14. The number of carbonyl (C=O) groups is 7. The van der Waals surface area contributed by atoms with Crippen LogP contribution in [0.15, 0.2) is 30.3 Å². The third-order valence-corrected chi connectivity index (χ3v) is 10.8. The van der Waals surface area contributed by atoms with Crippen LogP contribution in [0, 0.1) is 28.6 Å². The number of amides is 6. The number of alkyl carbamates (subject to hydrolysis) is 1. The van der Waals surface area contributed by atoms with Gasteiger partial charge >= 0.3 is 12.3 Å². The van der Waals surface area contributed by atoms with Gasteiger partial charge in [-0.2, -0.15) is 13.2 Å². The lowest BCUT2D eigenvalue weighted by molar-refractivity contribution is -0.244. The number of nitrogens with one attached hydrogen (secondary N) is 4. The fraction of sp³-hybridized carbons (Fsp3) is 0.658. The third kappa shape index (κ3) is 9.95. The zero-order valence-corrected chi connectivity index (χ0v) is 32.8. The average Bonchev–Trinajstić information content (AvgIpc) is 3.93. The van der Waals surface area contributed by atoms with E-state index in [4.69, 9.17) is 0 Å². The number of fused-ring (bicyclic) bond motifs is 1. The van der Waals surface area contributed by atoms with E-state index in [0.29, 0.717) is 19.4 Å². The van der Waals surface area contributed by atoms with Gasteiger partial charge in [-0.1, -0.05) is 77.8 Å². The molecule has 4 rings (SSSR count). The van der Waals surface area contributed by atoms with Gasteiger partial charge in [0.2, 0.25) is 35.0 Å². The molecule has 17 heteroatoms. The number of ether oxygens (including phenoxy) is 1. The summed E-state index contributed by atoms with van der Waals surface area (Å²) in [5, 5.41) is 9.86. The van der Waals surface area contributed by atoms with Crippen molar-refractivity contribution in [3.8, 4) is 0 Å². The van der Waals surface area contributed by atoms with Crippen LogP contribution in [0.3, 0.4) is 0 Å². The summed E-state index contributed by atoms with van der Waals surface area (Å²) in [7, 11) is 3.06. The quantitative estimate of drug-likeness (QED) is 0.208. The molecular weight excluding hydrogens is 725 g/mol. The monoisotopic (exact) mass is 778 g/mol. The highest BCUT2D eigenvalue weighted by Gasteiger charge is 2.70. The van der Waals surface area contributed by atoms with Crippen LogP contribution >= 0.6 is 0 Å². The number of hydrogen-bond acceptors (Lipinski definition) is 8. The number of likely N-dealkylation sites (N-methyl/N-ethyl adjacent to an activating group) is 1. The minimum absolute atomic E-state index is 0.0573. The van der Waals surface area contributed by atoms with Crippen molar-refractivity contribution in [1.82, 2.24) is 31.1 Å². The highest BCUT2D eigenvalue weighted by molar-refractivity contribution is 6.38. The van der Waals surface area contributed by atoms with Crippen LogP contribution in [0.4, 0.5) is 18.0 Å². The Hall–Kier alpha value is -4.70. The van der Waals surface area contributed by atoms with E-state index in [-0.39, 0.29) is 36.1 Å². The van der Waals surface area contributed by atoms with Gasteiger partial charge in [-0.15, -0.1) is 0 Å². The number of alkyl halides is 3. The van der Waals surface area contributed by atoms with Gasteiger partial charge in [-0.25, -0.2) is 4.79 Å². The minimum atomic E-state index is -4.88. The van der Waals surface area contributed by atoms with Crippen LogP contribution in [-0.4, -0.2) is 108 Å². The number of halogens is 3. The molecule has 0 aromatic heterocycles. The lowest BCUT2D eigenvalue weighted by Gasteiger charge is -2.38. The van der Waals surface area contributed by atoms with Crippen molar-refractivity contribution in [3.63, 3.8) is 0 Å². The van der Waals surface area contributed by atoms with Gasteiger partial charge < -0.3 is 35.8 Å². The molecule has 55 heavy (non-hydrogen) atoms. The van der Waals surface area contributed by atoms with Crippen molar-refractivity contribution in [1.29, 1.82) is 0 Å². The van der Waals surface area contributed by atoms with Gasteiger partial charge in [0.15, 0.2) is 0 Å². The van der Waals surface area contributed by atoms with E-state index in [2.05, 4.69) is 26.0 Å². The number of piperidine rings is 1. The summed E-state index contributed by atoms with van der Waals surface area (Å²) < 4.78 is 45.0. The van der Waals surface area contributed by atoms with Gasteiger partial charge in [-0.3, -0.25) is 28.8 Å². The molecule has 4 N–H and O–H groups in total. The van der Waals surface area contributed by atoms with Crippen LogP contribution in [-0.2, 0) is 33.5 Å². The molecule has 6 amide bonds. The molecule has 6 atom stereocenters.